The fourth-order valence-electron chi connectivity index (χ4n) is 5.75. The van der Waals surface area contributed by atoms with E-state index in [2.05, 4.69) is 15.4 Å². The van der Waals surface area contributed by atoms with E-state index in [9.17, 15) is 27.6 Å². The number of nitrogens with zero attached hydrogens (tertiary/aromatic N) is 2. The lowest BCUT2D eigenvalue weighted by atomic mass is 10.0. The van der Waals surface area contributed by atoms with Gasteiger partial charge in [0.25, 0.3) is 5.91 Å². The number of alkyl carbamates (subject to hydrolysis) is 1. The second kappa shape index (κ2) is 13.7. The van der Waals surface area contributed by atoms with Crippen LogP contribution in [0.1, 0.15) is 77.7 Å². The molecule has 0 unspecified atom stereocenters. The van der Waals surface area contributed by atoms with Crippen molar-refractivity contribution < 1.29 is 32.3 Å². The first-order chi connectivity index (χ1) is 20.7. The van der Waals surface area contributed by atoms with Crippen molar-refractivity contribution in [2.75, 3.05) is 13.6 Å². The summed E-state index contributed by atoms with van der Waals surface area (Å²) >= 11 is 0. The van der Waals surface area contributed by atoms with E-state index < -0.39 is 57.3 Å². The maximum atomic E-state index is 13.7. The molecule has 3 N–H and O–H groups in total. The maximum absolute atomic E-state index is 13.7. The Bertz CT molecular complexity index is 1360. The first-order valence-corrected chi connectivity index (χ1v) is 16.8. The predicted molar refractivity (Wildman–Crippen MR) is 164 cm³/mol. The van der Waals surface area contributed by atoms with Crippen LogP contribution >= 0.6 is 0 Å². The Morgan fingerprint density at radius 2 is 1.82 bits per heavy atom. The lowest BCUT2D eigenvalue weighted by molar-refractivity contribution is -0.141. The third-order valence-corrected chi connectivity index (χ3v) is 9.60. The zero-order valence-corrected chi connectivity index (χ0v) is 26.8. The van der Waals surface area contributed by atoms with Crippen molar-refractivity contribution in [3.63, 3.8) is 0 Å². The first-order valence-electron chi connectivity index (χ1n) is 15.3. The van der Waals surface area contributed by atoms with Crippen molar-refractivity contribution in [1.82, 2.24) is 24.6 Å². The normalized spacial score (nSPS) is 26.5. The molecule has 2 fully saturated rings. The quantitative estimate of drug-likeness (QED) is 0.408. The molecule has 1 saturated carbocycles. The van der Waals surface area contributed by atoms with Crippen molar-refractivity contribution >= 4 is 34.0 Å². The minimum absolute atomic E-state index is 0.0593. The van der Waals surface area contributed by atoms with Crippen LogP contribution in [-0.2, 0) is 35.9 Å². The minimum atomic E-state index is -4.22. The number of hydrogen-bond donors (Lipinski definition) is 3. The summed E-state index contributed by atoms with van der Waals surface area (Å²) in [6, 6.07) is 7.28. The van der Waals surface area contributed by atoms with Gasteiger partial charge in [-0.05, 0) is 64.9 Å². The second-order valence-electron chi connectivity index (χ2n) is 12.9. The number of fused-ring (bicyclic) bond motifs is 2. The number of allylic oxidation sites excluding steroid dienone is 1. The average molecular weight is 632 g/mol. The molecule has 0 spiro atoms. The van der Waals surface area contributed by atoms with E-state index in [1.54, 1.807) is 45.0 Å². The minimum Gasteiger partial charge on any atom is -0.444 e. The summed E-state index contributed by atoms with van der Waals surface area (Å²) in [4.78, 5) is 55.1. The van der Waals surface area contributed by atoms with E-state index in [0.29, 0.717) is 38.6 Å². The van der Waals surface area contributed by atoms with E-state index in [1.807, 2.05) is 18.2 Å². The largest absolute Gasteiger partial charge is 0.444 e. The van der Waals surface area contributed by atoms with Crippen molar-refractivity contribution in [2.24, 2.45) is 5.92 Å². The van der Waals surface area contributed by atoms with Crippen molar-refractivity contribution in [3.8, 4) is 0 Å². The van der Waals surface area contributed by atoms with Crippen molar-refractivity contribution in [1.29, 1.82) is 0 Å². The summed E-state index contributed by atoms with van der Waals surface area (Å²) in [7, 11) is -2.84. The van der Waals surface area contributed by atoms with Crippen LogP contribution in [0.5, 0.6) is 0 Å². The number of ether oxygens (including phenoxy) is 1. The van der Waals surface area contributed by atoms with Crippen LogP contribution in [0.4, 0.5) is 4.79 Å². The van der Waals surface area contributed by atoms with Crippen LogP contribution < -0.4 is 15.4 Å². The third kappa shape index (κ3) is 8.38. The Morgan fingerprint density at radius 3 is 2.52 bits per heavy atom. The Hall–Kier alpha value is -3.45. The van der Waals surface area contributed by atoms with Gasteiger partial charge < -0.3 is 20.3 Å². The number of nitrogens with one attached hydrogen (secondary N) is 3. The van der Waals surface area contributed by atoms with Gasteiger partial charge in [-0.3, -0.25) is 14.4 Å². The van der Waals surface area contributed by atoms with Gasteiger partial charge >= 0.3 is 16.3 Å². The van der Waals surface area contributed by atoms with Crippen LogP contribution in [0, 0.1) is 5.92 Å². The SMILES string of the molecule is CN(Cc1ccccc1)S(=O)(=O)NC(=O)[C@@]12C[C@H]1C=CCCCCC[C@H](NC(=O)OC(C)(C)C)C(=O)N1CCC[C@H]1C(=O)N2. The van der Waals surface area contributed by atoms with Gasteiger partial charge in [-0.2, -0.15) is 12.7 Å². The number of carbonyl (C=O) groups is 4. The van der Waals surface area contributed by atoms with Crippen LogP contribution in [0.2, 0.25) is 0 Å². The molecule has 3 aliphatic rings. The summed E-state index contributed by atoms with van der Waals surface area (Å²) in [6.07, 6.45) is 7.75. The van der Waals surface area contributed by atoms with Gasteiger partial charge in [0, 0.05) is 26.1 Å². The lowest BCUT2D eigenvalue weighted by Crippen LogP contribution is -2.59. The fraction of sp³-hybridized carbons (Fsp3) is 0.613. The molecular weight excluding hydrogens is 586 g/mol. The molecule has 4 atom stereocenters. The van der Waals surface area contributed by atoms with E-state index in [0.717, 1.165) is 22.7 Å². The average Bonchev–Trinajstić information content (AvgIpc) is 3.40. The number of rotatable bonds is 6. The Labute approximate surface area is 260 Å². The van der Waals surface area contributed by atoms with E-state index in [4.69, 9.17) is 4.74 Å². The molecule has 1 aromatic carbocycles. The molecule has 1 aromatic rings. The molecule has 1 aliphatic carbocycles. The van der Waals surface area contributed by atoms with E-state index >= 15 is 0 Å². The summed E-state index contributed by atoms with van der Waals surface area (Å²) in [5, 5.41) is 5.54. The summed E-state index contributed by atoms with van der Waals surface area (Å²) in [5.74, 6) is -2.11. The fourth-order valence-corrected chi connectivity index (χ4v) is 6.65. The molecule has 2 aliphatic heterocycles. The molecule has 13 heteroatoms. The van der Waals surface area contributed by atoms with Crippen molar-refractivity contribution in [3.05, 3.63) is 48.0 Å². The predicted octanol–water partition coefficient (Wildman–Crippen LogP) is 2.76. The highest BCUT2D eigenvalue weighted by Crippen LogP contribution is 2.45. The molecule has 0 bridgehead atoms. The standard InChI is InChI=1S/C31H45N5O7S/c1-30(2,3)43-29(40)32-24-17-12-7-5-6-11-16-23-20-31(23,33-26(37)25-18-13-19-36(25)27(24)38)28(39)34-44(41,42)35(4)21-22-14-9-8-10-15-22/h8-11,14-16,23-25H,5-7,12-13,17-21H2,1-4H3,(H,32,40)(H,33,37)(H,34,39)/t23-,24+,25+,31-/m1/s1. The zero-order chi connectivity index (χ0) is 32.1. The van der Waals surface area contributed by atoms with E-state index in [1.165, 1.54) is 11.9 Å². The van der Waals surface area contributed by atoms with Crippen LogP contribution in [0.15, 0.2) is 42.5 Å². The maximum Gasteiger partial charge on any atom is 0.408 e. The highest BCUT2D eigenvalue weighted by atomic mass is 32.2. The molecule has 0 radical (unpaired) electrons. The van der Waals surface area contributed by atoms with Gasteiger partial charge in [0.15, 0.2) is 0 Å². The number of benzene rings is 1. The molecular formula is C31H45N5O7S. The number of carbonyl (C=O) groups excluding carboxylic acids is 4. The second-order valence-corrected chi connectivity index (χ2v) is 14.7. The summed E-state index contributed by atoms with van der Waals surface area (Å²) in [6.45, 7) is 5.60. The highest BCUT2D eigenvalue weighted by Gasteiger charge is 2.61. The van der Waals surface area contributed by atoms with Crippen LogP contribution in [0.25, 0.3) is 0 Å². The Morgan fingerprint density at radius 1 is 1.09 bits per heavy atom. The number of amides is 4. The van der Waals surface area contributed by atoms with Crippen LogP contribution in [-0.4, -0.2) is 78.3 Å². The van der Waals surface area contributed by atoms with Gasteiger partial charge in [0.1, 0.15) is 23.2 Å². The highest BCUT2D eigenvalue weighted by molar-refractivity contribution is 7.87. The van der Waals surface area contributed by atoms with E-state index in [-0.39, 0.29) is 18.9 Å². The van der Waals surface area contributed by atoms with Gasteiger partial charge in [-0.25, -0.2) is 9.52 Å². The number of hydrogen-bond acceptors (Lipinski definition) is 7. The summed E-state index contributed by atoms with van der Waals surface area (Å²) < 4.78 is 34.9. The molecule has 2 heterocycles. The topological polar surface area (TPSA) is 154 Å². The van der Waals surface area contributed by atoms with Gasteiger partial charge in [-0.1, -0.05) is 55.3 Å². The monoisotopic (exact) mass is 631 g/mol. The molecule has 0 aromatic heterocycles. The molecule has 1 saturated heterocycles. The molecule has 4 rings (SSSR count). The lowest BCUT2D eigenvalue weighted by Gasteiger charge is -2.30. The zero-order valence-electron chi connectivity index (χ0n) is 26.0. The first kappa shape index (κ1) is 33.4. The molecule has 4 amide bonds. The third-order valence-electron chi connectivity index (χ3n) is 8.21. The van der Waals surface area contributed by atoms with Gasteiger partial charge in [0.05, 0.1) is 0 Å². The van der Waals surface area contributed by atoms with Gasteiger partial charge in [0.2, 0.25) is 11.8 Å². The van der Waals surface area contributed by atoms with Crippen molar-refractivity contribution in [2.45, 2.75) is 102 Å². The molecule has 12 nitrogen and oxygen atoms in total. The molecule has 242 valence electrons. The van der Waals surface area contributed by atoms with Gasteiger partial charge in [-0.15, -0.1) is 0 Å². The Balaban J connectivity index is 1.52. The smallest absolute Gasteiger partial charge is 0.408 e. The molecule has 44 heavy (non-hydrogen) atoms. The summed E-state index contributed by atoms with van der Waals surface area (Å²) in [5.41, 5.74) is -1.44. The Kier molecular flexibility index (Phi) is 10.4. The van der Waals surface area contributed by atoms with Crippen LogP contribution in [0.3, 0.4) is 0 Å².